The van der Waals surface area contributed by atoms with Crippen molar-refractivity contribution in [1.29, 1.82) is 0 Å². The number of carbonyl (C=O) groups is 1. The van der Waals surface area contributed by atoms with Crippen LogP contribution in [0.5, 0.6) is 0 Å². The predicted molar refractivity (Wildman–Crippen MR) is 78.0 cm³/mol. The zero-order chi connectivity index (χ0) is 16.5. The van der Waals surface area contributed by atoms with E-state index < -0.39 is 17.4 Å². The Kier molecular flexibility index (Phi) is 4.35. The van der Waals surface area contributed by atoms with Gasteiger partial charge in [0.15, 0.2) is 0 Å². The number of alkyl halides is 2. The highest BCUT2D eigenvalue weighted by Crippen LogP contribution is 2.44. The number of fused-ring (bicyclic) bond motifs is 1. The Morgan fingerprint density at radius 2 is 2.04 bits per heavy atom. The molecule has 3 rings (SSSR count). The Hall–Kier alpha value is -1.57. The monoisotopic (exact) mass is 328 g/mol. The van der Waals surface area contributed by atoms with E-state index >= 15 is 0 Å². The van der Waals surface area contributed by atoms with E-state index in [1.807, 2.05) is 4.57 Å². The Balaban J connectivity index is 1.55. The van der Waals surface area contributed by atoms with Crippen LogP contribution in [0.15, 0.2) is 0 Å². The van der Waals surface area contributed by atoms with Gasteiger partial charge < -0.3 is 15.0 Å². The molecule has 128 valence electrons. The van der Waals surface area contributed by atoms with E-state index in [9.17, 15) is 18.7 Å². The number of nitrogens with one attached hydrogen (secondary N) is 1. The number of hydrogen-bond donors (Lipinski definition) is 2. The molecule has 1 saturated carbocycles. The van der Waals surface area contributed by atoms with Gasteiger partial charge in [-0.25, -0.2) is 0 Å². The molecule has 0 radical (unpaired) electrons. The third-order valence-electron chi connectivity index (χ3n) is 4.87. The van der Waals surface area contributed by atoms with Crippen molar-refractivity contribution in [2.45, 2.75) is 69.4 Å². The lowest BCUT2D eigenvalue weighted by Gasteiger charge is -2.41. The third-order valence-corrected chi connectivity index (χ3v) is 4.87. The fraction of sp³-hybridized carbons (Fsp3) is 0.800. The maximum absolute atomic E-state index is 13.9. The van der Waals surface area contributed by atoms with Gasteiger partial charge >= 0.3 is 5.92 Å². The minimum atomic E-state index is -3.74. The van der Waals surface area contributed by atoms with Crippen LogP contribution in [-0.2, 0) is 24.2 Å². The number of amides is 1. The van der Waals surface area contributed by atoms with Crippen LogP contribution >= 0.6 is 0 Å². The van der Waals surface area contributed by atoms with Gasteiger partial charge in [-0.05, 0) is 32.1 Å². The lowest BCUT2D eigenvalue weighted by molar-refractivity contribution is -0.215. The number of aryl methyl sites for hydroxylation is 1. The van der Waals surface area contributed by atoms with Crippen molar-refractivity contribution in [3.05, 3.63) is 11.6 Å². The molecule has 0 atom stereocenters. The molecule has 2 N–H and O–H groups in total. The maximum Gasteiger partial charge on any atom is 0.352 e. The first-order chi connectivity index (χ1) is 10.9. The largest absolute Gasteiger partial charge is 0.383 e. The van der Waals surface area contributed by atoms with Crippen molar-refractivity contribution < 1.29 is 18.7 Å². The summed E-state index contributed by atoms with van der Waals surface area (Å²) in [6, 6.07) is 0. The quantitative estimate of drug-likeness (QED) is 0.851. The van der Waals surface area contributed by atoms with Gasteiger partial charge in [0.1, 0.15) is 17.2 Å². The molecule has 1 amide bonds. The molecule has 0 bridgehead atoms. The molecule has 0 unspecified atom stereocenters. The second kappa shape index (κ2) is 6.14. The highest BCUT2D eigenvalue weighted by Gasteiger charge is 2.61. The van der Waals surface area contributed by atoms with E-state index in [1.54, 1.807) is 0 Å². The fourth-order valence-corrected chi connectivity index (χ4v) is 3.17. The zero-order valence-electron chi connectivity index (χ0n) is 13.0. The normalized spacial score (nSPS) is 20.3. The lowest BCUT2D eigenvalue weighted by Crippen LogP contribution is -2.60. The summed E-state index contributed by atoms with van der Waals surface area (Å²) < 4.78 is 29.9. The van der Waals surface area contributed by atoms with Crippen LogP contribution in [0.3, 0.4) is 0 Å². The Bertz CT molecular complexity index is 584. The first-order valence-corrected chi connectivity index (χ1v) is 8.23. The summed E-state index contributed by atoms with van der Waals surface area (Å²) in [4.78, 5) is 11.7. The van der Waals surface area contributed by atoms with Gasteiger partial charge in [0.05, 0.1) is 0 Å². The fourth-order valence-electron chi connectivity index (χ4n) is 3.17. The highest BCUT2D eigenvalue weighted by molar-refractivity contribution is 5.85. The number of aromatic nitrogens is 3. The maximum atomic E-state index is 13.9. The van der Waals surface area contributed by atoms with E-state index in [4.69, 9.17) is 0 Å². The number of hydrogen-bond acceptors (Lipinski definition) is 4. The SMILES string of the molecule is O=C(NCCc1nnc2n1CCCCC2)C(F)(F)C1(O)CCC1. The molecular weight excluding hydrogens is 306 g/mol. The summed E-state index contributed by atoms with van der Waals surface area (Å²) >= 11 is 0. The van der Waals surface area contributed by atoms with E-state index in [1.165, 1.54) is 0 Å². The van der Waals surface area contributed by atoms with Crippen LogP contribution in [-0.4, -0.2) is 43.8 Å². The summed E-state index contributed by atoms with van der Waals surface area (Å²) in [5, 5.41) is 20.2. The molecule has 0 saturated heterocycles. The smallest absolute Gasteiger partial charge is 0.352 e. The summed E-state index contributed by atoms with van der Waals surface area (Å²) in [6.07, 6.45) is 4.96. The second-order valence-electron chi connectivity index (χ2n) is 6.46. The van der Waals surface area contributed by atoms with Gasteiger partial charge in [-0.3, -0.25) is 4.79 Å². The first kappa shape index (κ1) is 16.3. The molecule has 1 fully saturated rings. The summed E-state index contributed by atoms with van der Waals surface area (Å²) in [6.45, 7) is 0.893. The molecule has 1 aromatic rings. The van der Waals surface area contributed by atoms with E-state index in [0.29, 0.717) is 18.7 Å². The topological polar surface area (TPSA) is 80.0 Å². The van der Waals surface area contributed by atoms with Gasteiger partial charge in [0, 0.05) is 25.9 Å². The molecule has 23 heavy (non-hydrogen) atoms. The van der Waals surface area contributed by atoms with Crippen molar-refractivity contribution in [1.82, 2.24) is 20.1 Å². The standard InChI is InChI=1S/C15H22F2N4O2/c16-15(17,14(23)7-4-8-14)13(22)18-9-6-12-20-19-11-5-2-1-3-10-21(11)12/h23H,1-10H2,(H,18,22). The van der Waals surface area contributed by atoms with Crippen LogP contribution < -0.4 is 5.32 Å². The van der Waals surface area contributed by atoms with Crippen LogP contribution in [0.4, 0.5) is 8.78 Å². The predicted octanol–water partition coefficient (Wildman–Crippen LogP) is 1.21. The summed E-state index contributed by atoms with van der Waals surface area (Å²) in [5.41, 5.74) is -2.18. The van der Waals surface area contributed by atoms with Crippen LogP contribution in [0.1, 0.15) is 50.2 Å². The van der Waals surface area contributed by atoms with E-state index in [2.05, 4.69) is 15.5 Å². The molecular formula is C15H22F2N4O2. The number of halogens is 2. The van der Waals surface area contributed by atoms with E-state index in [-0.39, 0.29) is 19.4 Å². The van der Waals surface area contributed by atoms with Crippen molar-refractivity contribution in [3.63, 3.8) is 0 Å². The highest BCUT2D eigenvalue weighted by atomic mass is 19.3. The molecule has 0 spiro atoms. The molecule has 2 heterocycles. The lowest BCUT2D eigenvalue weighted by atomic mass is 9.75. The number of carbonyl (C=O) groups excluding carboxylic acids is 1. The second-order valence-corrected chi connectivity index (χ2v) is 6.46. The molecule has 1 aliphatic carbocycles. The van der Waals surface area contributed by atoms with Crippen LogP contribution in [0.2, 0.25) is 0 Å². The summed E-state index contributed by atoms with van der Waals surface area (Å²) in [5.74, 6) is -3.51. The average Bonchev–Trinajstić information content (AvgIpc) is 2.72. The molecule has 2 aliphatic rings. The van der Waals surface area contributed by atoms with Gasteiger partial charge in [-0.2, -0.15) is 8.78 Å². The average molecular weight is 328 g/mol. The van der Waals surface area contributed by atoms with Crippen molar-refractivity contribution in [2.24, 2.45) is 0 Å². The van der Waals surface area contributed by atoms with Gasteiger partial charge in [0.2, 0.25) is 0 Å². The zero-order valence-corrected chi connectivity index (χ0v) is 13.0. The minimum absolute atomic E-state index is 0.0366. The van der Waals surface area contributed by atoms with Crippen LogP contribution in [0, 0.1) is 0 Å². The number of aliphatic hydroxyl groups is 1. The number of rotatable bonds is 5. The first-order valence-electron chi connectivity index (χ1n) is 8.23. The van der Waals surface area contributed by atoms with Crippen molar-refractivity contribution >= 4 is 5.91 Å². The molecule has 0 aromatic carbocycles. The van der Waals surface area contributed by atoms with Gasteiger partial charge in [0.25, 0.3) is 5.91 Å². The van der Waals surface area contributed by atoms with Crippen molar-refractivity contribution in [3.8, 4) is 0 Å². The Morgan fingerprint density at radius 1 is 1.26 bits per heavy atom. The molecule has 8 heteroatoms. The van der Waals surface area contributed by atoms with E-state index in [0.717, 1.165) is 38.1 Å². The Labute approximate surface area is 133 Å². The minimum Gasteiger partial charge on any atom is -0.383 e. The molecule has 1 aromatic heterocycles. The van der Waals surface area contributed by atoms with Gasteiger partial charge in [-0.15, -0.1) is 10.2 Å². The molecule has 1 aliphatic heterocycles. The Morgan fingerprint density at radius 3 is 2.74 bits per heavy atom. The van der Waals surface area contributed by atoms with Gasteiger partial charge in [-0.1, -0.05) is 6.42 Å². The summed E-state index contributed by atoms with van der Waals surface area (Å²) in [7, 11) is 0. The number of nitrogens with zero attached hydrogens (tertiary/aromatic N) is 3. The molecule has 6 nitrogen and oxygen atoms in total. The van der Waals surface area contributed by atoms with Crippen LogP contribution in [0.25, 0.3) is 0 Å². The third kappa shape index (κ3) is 2.96. The van der Waals surface area contributed by atoms with Crippen molar-refractivity contribution in [2.75, 3.05) is 6.54 Å².